The van der Waals surface area contributed by atoms with Crippen molar-refractivity contribution in [2.24, 2.45) is 0 Å². The van der Waals surface area contributed by atoms with E-state index in [1.54, 1.807) is 0 Å². The summed E-state index contributed by atoms with van der Waals surface area (Å²) in [7, 11) is -3.24. The Kier molecular flexibility index (Phi) is 11.7. The number of sulfone groups is 1. The van der Waals surface area contributed by atoms with Gasteiger partial charge in [-0.25, -0.2) is 8.42 Å². The summed E-state index contributed by atoms with van der Waals surface area (Å²) in [6.07, 6.45) is 11.3. The third-order valence-corrected chi connectivity index (χ3v) is 6.11. The topological polar surface area (TPSA) is 71.4 Å². The van der Waals surface area contributed by atoms with E-state index < -0.39 is 21.1 Å². The molecule has 0 aromatic rings. The van der Waals surface area contributed by atoms with Crippen LogP contribution in [0.25, 0.3) is 0 Å². The van der Waals surface area contributed by atoms with E-state index in [1.807, 2.05) is 0 Å². The summed E-state index contributed by atoms with van der Waals surface area (Å²) < 4.78 is 23.7. The molecule has 0 aromatic heterocycles. The fraction of sp³-hybridized carbons (Fsp3) is 0.938. The smallest absolute Gasteiger partial charge is 0.304 e. The fourth-order valence-electron chi connectivity index (χ4n) is 2.36. The van der Waals surface area contributed by atoms with Crippen molar-refractivity contribution in [3.05, 3.63) is 0 Å². The molecule has 0 saturated heterocycles. The lowest BCUT2D eigenvalue weighted by Crippen LogP contribution is -2.23. The van der Waals surface area contributed by atoms with Gasteiger partial charge in [-0.1, -0.05) is 64.7 Å². The number of hydrogen-bond donors (Lipinski definition) is 1. The summed E-state index contributed by atoms with van der Waals surface area (Å²) in [5.41, 5.74) is 0. The second-order valence-corrected chi connectivity index (χ2v) is 8.50. The van der Waals surface area contributed by atoms with Crippen LogP contribution in [0, 0.1) is 0 Å². The Balaban J connectivity index is 3.55. The van der Waals surface area contributed by atoms with Gasteiger partial charge in [0.1, 0.15) is 0 Å². The average molecular weight is 320 g/mol. The number of carboxylic acids is 1. The van der Waals surface area contributed by atoms with E-state index >= 15 is 0 Å². The highest BCUT2D eigenvalue weighted by Gasteiger charge is 2.22. The van der Waals surface area contributed by atoms with Crippen LogP contribution < -0.4 is 0 Å². The largest absolute Gasteiger partial charge is 0.481 e. The number of carbonyl (C=O) groups is 1. The molecule has 4 nitrogen and oxygen atoms in total. The Morgan fingerprint density at radius 2 is 1.33 bits per heavy atom. The third kappa shape index (κ3) is 11.7. The van der Waals surface area contributed by atoms with Gasteiger partial charge in [0.15, 0.2) is 9.84 Å². The van der Waals surface area contributed by atoms with Crippen LogP contribution in [-0.2, 0) is 14.6 Å². The lowest BCUT2D eigenvalue weighted by Gasteiger charge is -2.10. The van der Waals surface area contributed by atoms with Crippen LogP contribution in [0.5, 0.6) is 0 Å². The molecule has 0 bridgehead atoms. The maximum absolute atomic E-state index is 11.8. The maximum atomic E-state index is 11.8. The van der Waals surface area contributed by atoms with Crippen LogP contribution in [0.4, 0.5) is 0 Å². The zero-order valence-corrected chi connectivity index (χ0v) is 14.5. The van der Waals surface area contributed by atoms with Gasteiger partial charge in [0.05, 0.1) is 17.4 Å². The molecule has 0 saturated carbocycles. The van der Waals surface area contributed by atoms with Crippen molar-refractivity contribution >= 4 is 15.8 Å². The molecule has 0 aliphatic rings. The summed E-state index contributed by atoms with van der Waals surface area (Å²) >= 11 is 0. The number of carboxylic acid groups (broad SMARTS) is 1. The monoisotopic (exact) mass is 320 g/mol. The molecule has 1 atom stereocenters. The minimum atomic E-state index is -3.24. The highest BCUT2D eigenvalue weighted by atomic mass is 32.2. The molecule has 21 heavy (non-hydrogen) atoms. The Bertz CT molecular complexity index is 362. The lowest BCUT2D eigenvalue weighted by atomic mass is 10.1. The molecule has 1 N–H and O–H groups in total. The van der Waals surface area contributed by atoms with E-state index in [9.17, 15) is 13.2 Å². The van der Waals surface area contributed by atoms with Crippen LogP contribution in [0.2, 0.25) is 0 Å². The van der Waals surface area contributed by atoms with Crippen LogP contribution in [0.15, 0.2) is 0 Å². The van der Waals surface area contributed by atoms with Crippen molar-refractivity contribution in [1.82, 2.24) is 0 Å². The first-order valence-electron chi connectivity index (χ1n) is 8.33. The molecule has 126 valence electrons. The van der Waals surface area contributed by atoms with Crippen molar-refractivity contribution in [1.29, 1.82) is 0 Å². The minimum absolute atomic E-state index is 0.123. The molecule has 0 aromatic carbocycles. The number of hydrogen-bond acceptors (Lipinski definition) is 3. The van der Waals surface area contributed by atoms with E-state index in [4.69, 9.17) is 5.11 Å². The molecular weight excluding hydrogens is 288 g/mol. The highest BCUT2D eigenvalue weighted by molar-refractivity contribution is 7.92. The van der Waals surface area contributed by atoms with E-state index in [0.717, 1.165) is 12.8 Å². The first-order valence-corrected chi connectivity index (χ1v) is 10.0. The van der Waals surface area contributed by atoms with Crippen LogP contribution in [0.1, 0.15) is 84.5 Å². The van der Waals surface area contributed by atoms with Gasteiger partial charge in [-0.2, -0.15) is 0 Å². The van der Waals surface area contributed by atoms with E-state index in [0.29, 0.717) is 6.42 Å². The summed E-state index contributed by atoms with van der Waals surface area (Å²) in [5, 5.41) is 7.86. The van der Waals surface area contributed by atoms with Gasteiger partial charge >= 0.3 is 5.97 Å². The predicted molar refractivity (Wildman–Crippen MR) is 87.3 cm³/mol. The van der Waals surface area contributed by atoms with Gasteiger partial charge in [-0.05, 0) is 13.3 Å². The lowest BCUT2D eigenvalue weighted by molar-refractivity contribution is -0.136. The summed E-state index contributed by atoms with van der Waals surface area (Å²) in [5.74, 6) is -0.924. The standard InChI is InChI=1S/C16H32O4S/c1-3-4-5-6-7-8-9-10-11-12-13-21(19,20)15(2)14-16(17)18/h15H,3-14H2,1-2H3,(H,17,18). The first-order chi connectivity index (χ1) is 9.90. The Morgan fingerprint density at radius 1 is 0.905 bits per heavy atom. The Hall–Kier alpha value is -0.580. The number of aliphatic carboxylic acids is 1. The van der Waals surface area contributed by atoms with Gasteiger partial charge in [-0.15, -0.1) is 0 Å². The third-order valence-electron chi connectivity index (χ3n) is 3.86. The fourth-order valence-corrected chi connectivity index (χ4v) is 3.77. The van der Waals surface area contributed by atoms with E-state index in [1.165, 1.54) is 51.9 Å². The Labute approximate surface area is 130 Å². The molecule has 0 fully saturated rings. The van der Waals surface area contributed by atoms with Gasteiger partial charge in [0.25, 0.3) is 0 Å². The molecule has 0 heterocycles. The summed E-state index contributed by atoms with van der Waals surface area (Å²) in [6.45, 7) is 3.70. The summed E-state index contributed by atoms with van der Waals surface area (Å²) in [6, 6.07) is 0. The van der Waals surface area contributed by atoms with Crippen molar-refractivity contribution in [2.75, 3.05) is 5.75 Å². The first kappa shape index (κ1) is 20.4. The molecule has 0 radical (unpaired) electrons. The molecular formula is C16H32O4S. The second kappa shape index (κ2) is 12.0. The molecule has 0 spiro atoms. The van der Waals surface area contributed by atoms with Crippen LogP contribution in [-0.4, -0.2) is 30.5 Å². The number of unbranched alkanes of at least 4 members (excludes halogenated alkanes) is 9. The normalized spacial score (nSPS) is 13.2. The van der Waals surface area contributed by atoms with E-state index in [2.05, 4.69) is 6.92 Å². The molecule has 0 aliphatic heterocycles. The second-order valence-electron chi connectivity index (χ2n) is 5.96. The van der Waals surface area contributed by atoms with Crippen LogP contribution >= 0.6 is 0 Å². The Morgan fingerprint density at radius 3 is 1.76 bits per heavy atom. The average Bonchev–Trinajstić information content (AvgIpc) is 2.40. The van der Waals surface area contributed by atoms with Gasteiger partial charge in [0.2, 0.25) is 0 Å². The molecule has 0 rings (SSSR count). The predicted octanol–water partition coefficient (Wildman–Crippen LogP) is 4.19. The van der Waals surface area contributed by atoms with Crippen molar-refractivity contribution in [3.8, 4) is 0 Å². The van der Waals surface area contributed by atoms with Crippen molar-refractivity contribution in [2.45, 2.75) is 89.7 Å². The maximum Gasteiger partial charge on any atom is 0.304 e. The minimum Gasteiger partial charge on any atom is -0.481 e. The van der Waals surface area contributed by atoms with Crippen LogP contribution in [0.3, 0.4) is 0 Å². The number of rotatable bonds is 14. The summed E-state index contributed by atoms with van der Waals surface area (Å²) in [4.78, 5) is 10.5. The molecule has 0 amide bonds. The molecule has 0 aliphatic carbocycles. The molecule has 5 heteroatoms. The van der Waals surface area contributed by atoms with Crippen molar-refractivity contribution in [3.63, 3.8) is 0 Å². The SMILES string of the molecule is CCCCCCCCCCCCS(=O)(=O)C(C)CC(=O)O. The van der Waals surface area contributed by atoms with Gasteiger partial charge < -0.3 is 5.11 Å². The highest BCUT2D eigenvalue weighted by Crippen LogP contribution is 2.13. The van der Waals surface area contributed by atoms with Gasteiger partial charge in [-0.3, -0.25) is 4.79 Å². The molecule has 1 unspecified atom stereocenters. The zero-order chi connectivity index (χ0) is 16.1. The van der Waals surface area contributed by atoms with E-state index in [-0.39, 0.29) is 12.2 Å². The van der Waals surface area contributed by atoms with Crippen molar-refractivity contribution < 1.29 is 18.3 Å². The zero-order valence-electron chi connectivity index (χ0n) is 13.6. The quantitative estimate of drug-likeness (QED) is 0.487. The van der Waals surface area contributed by atoms with Gasteiger partial charge in [0, 0.05) is 0 Å².